The third-order valence-electron chi connectivity index (χ3n) is 4.51. The molecule has 0 amide bonds. The van der Waals surface area contributed by atoms with Crippen molar-refractivity contribution in [2.45, 2.75) is 32.2 Å². The molecular weight excluding hydrogens is 385 g/mol. The van der Waals surface area contributed by atoms with Gasteiger partial charge in [0, 0.05) is 25.6 Å². The Morgan fingerprint density at radius 3 is 2.61 bits per heavy atom. The predicted molar refractivity (Wildman–Crippen MR) is 90.2 cm³/mol. The van der Waals surface area contributed by atoms with Gasteiger partial charge in [-0.2, -0.15) is 0 Å². The van der Waals surface area contributed by atoms with Crippen molar-refractivity contribution in [1.29, 1.82) is 0 Å². The topological polar surface area (TPSA) is 49.8 Å². The normalized spacial score (nSPS) is 14.0. The number of carboxylic acids is 1. The van der Waals surface area contributed by atoms with Crippen LogP contribution in [0.2, 0.25) is 0 Å². The maximum absolute atomic E-state index is 14.6. The van der Waals surface area contributed by atoms with Crippen molar-refractivity contribution in [3.8, 4) is 5.75 Å². The molecule has 4 nitrogen and oxygen atoms in total. The number of alkyl halides is 3. The van der Waals surface area contributed by atoms with Gasteiger partial charge in [0.25, 0.3) is 0 Å². The second kappa shape index (κ2) is 7.65. The summed E-state index contributed by atoms with van der Waals surface area (Å²) in [6.07, 6.45) is -4.81. The zero-order valence-corrected chi connectivity index (χ0v) is 14.5. The van der Waals surface area contributed by atoms with E-state index in [1.807, 2.05) is 0 Å². The summed E-state index contributed by atoms with van der Waals surface area (Å²) in [6.45, 7) is 0.302. The molecule has 0 aliphatic carbocycles. The van der Waals surface area contributed by atoms with E-state index in [1.165, 1.54) is 11.0 Å². The van der Waals surface area contributed by atoms with Crippen LogP contribution in [0.15, 0.2) is 30.3 Å². The van der Waals surface area contributed by atoms with Crippen LogP contribution >= 0.6 is 0 Å². The maximum Gasteiger partial charge on any atom is 0.573 e. The van der Waals surface area contributed by atoms with Crippen molar-refractivity contribution in [3.63, 3.8) is 0 Å². The van der Waals surface area contributed by atoms with Gasteiger partial charge in [-0.05, 0) is 41.7 Å². The number of hydrogen-bond donors (Lipinski definition) is 1. The molecule has 0 bridgehead atoms. The van der Waals surface area contributed by atoms with Gasteiger partial charge in [-0.15, -0.1) is 13.2 Å². The first-order valence-electron chi connectivity index (χ1n) is 8.45. The highest BCUT2D eigenvalue weighted by atomic mass is 19.4. The summed E-state index contributed by atoms with van der Waals surface area (Å²) in [5, 5.41) is 8.74. The molecule has 9 heteroatoms. The van der Waals surface area contributed by atoms with Crippen molar-refractivity contribution >= 4 is 11.7 Å². The maximum atomic E-state index is 14.6. The Bertz CT molecular complexity index is 898. The second-order valence-electron chi connectivity index (χ2n) is 6.40. The molecule has 0 unspecified atom stereocenters. The lowest BCUT2D eigenvalue weighted by Gasteiger charge is -2.32. The number of anilines is 1. The van der Waals surface area contributed by atoms with Gasteiger partial charge in [-0.25, -0.2) is 8.78 Å². The van der Waals surface area contributed by atoms with Gasteiger partial charge >= 0.3 is 12.3 Å². The standard InChI is InChI=1S/C19H16F5NO3/c20-15-5-4-13(28-19(22,23)24)9-16(15)25-8-7-14-12(10-25)2-1-11(18(14)21)3-6-17(26)27/h1-2,4-5,9H,3,6-8,10H2,(H,26,27). The largest absolute Gasteiger partial charge is 0.573 e. The van der Waals surface area contributed by atoms with Gasteiger partial charge < -0.3 is 14.7 Å². The second-order valence-corrected chi connectivity index (χ2v) is 6.40. The SMILES string of the molecule is O=C(O)CCc1ccc2c(c1F)CCN(c1cc(OC(F)(F)F)ccc1F)C2. The average molecular weight is 401 g/mol. The Balaban J connectivity index is 1.83. The summed E-state index contributed by atoms with van der Waals surface area (Å²) in [7, 11) is 0. The highest BCUT2D eigenvalue weighted by Crippen LogP contribution is 2.33. The van der Waals surface area contributed by atoms with Gasteiger partial charge in [0.15, 0.2) is 0 Å². The van der Waals surface area contributed by atoms with Crippen molar-refractivity contribution in [3.05, 3.63) is 58.7 Å². The number of carbonyl (C=O) groups is 1. The summed E-state index contributed by atoms with van der Waals surface area (Å²) in [6, 6.07) is 5.86. The summed E-state index contributed by atoms with van der Waals surface area (Å²) in [5.74, 6) is -2.76. The average Bonchev–Trinajstić information content (AvgIpc) is 2.61. The fourth-order valence-electron chi connectivity index (χ4n) is 3.23. The van der Waals surface area contributed by atoms with Crippen molar-refractivity contribution in [1.82, 2.24) is 0 Å². The number of carboxylic acid groups (broad SMARTS) is 1. The number of halogens is 5. The molecule has 1 aliphatic rings. The molecule has 3 rings (SSSR count). The first-order valence-corrected chi connectivity index (χ1v) is 8.45. The number of nitrogens with zero attached hydrogens (tertiary/aromatic N) is 1. The minimum atomic E-state index is -4.89. The minimum absolute atomic E-state index is 0.0591. The van der Waals surface area contributed by atoms with Crippen LogP contribution in [0.3, 0.4) is 0 Å². The first-order chi connectivity index (χ1) is 13.1. The summed E-state index contributed by atoms with van der Waals surface area (Å²) >= 11 is 0. The van der Waals surface area contributed by atoms with Crippen LogP contribution in [0, 0.1) is 11.6 Å². The van der Waals surface area contributed by atoms with Gasteiger partial charge in [0.2, 0.25) is 0 Å². The summed E-state index contributed by atoms with van der Waals surface area (Å²) < 4.78 is 69.8. The molecule has 2 aromatic rings. The molecule has 1 N–H and O–H groups in total. The zero-order chi connectivity index (χ0) is 20.5. The Morgan fingerprint density at radius 2 is 1.93 bits per heavy atom. The molecule has 150 valence electrons. The predicted octanol–water partition coefficient (Wildman–Crippen LogP) is 4.44. The van der Waals surface area contributed by atoms with E-state index in [9.17, 15) is 26.7 Å². The molecule has 0 aromatic heterocycles. The lowest BCUT2D eigenvalue weighted by Crippen LogP contribution is -2.32. The lowest BCUT2D eigenvalue weighted by atomic mass is 9.94. The fourth-order valence-corrected chi connectivity index (χ4v) is 3.23. The van der Waals surface area contributed by atoms with Crippen molar-refractivity contribution < 1.29 is 36.6 Å². The van der Waals surface area contributed by atoms with Gasteiger partial charge in [-0.1, -0.05) is 12.1 Å². The smallest absolute Gasteiger partial charge is 0.481 e. The first kappa shape index (κ1) is 19.9. The van der Waals surface area contributed by atoms with Crippen LogP contribution in [-0.4, -0.2) is 24.0 Å². The Morgan fingerprint density at radius 1 is 1.18 bits per heavy atom. The molecule has 0 fully saturated rings. The molecule has 1 heterocycles. The molecule has 0 radical (unpaired) electrons. The minimum Gasteiger partial charge on any atom is -0.481 e. The van der Waals surface area contributed by atoms with E-state index in [0.29, 0.717) is 16.7 Å². The van der Waals surface area contributed by atoms with Crippen molar-refractivity contribution in [2.24, 2.45) is 0 Å². The third kappa shape index (κ3) is 4.52. The van der Waals surface area contributed by atoms with Crippen LogP contribution in [0.1, 0.15) is 23.1 Å². The molecule has 0 spiro atoms. The zero-order valence-electron chi connectivity index (χ0n) is 14.5. The number of aliphatic carboxylic acids is 1. The quantitative estimate of drug-likeness (QED) is 0.753. The third-order valence-corrected chi connectivity index (χ3v) is 4.51. The van der Waals surface area contributed by atoms with Gasteiger partial charge in [0.05, 0.1) is 5.69 Å². The molecule has 0 saturated carbocycles. The van der Waals surface area contributed by atoms with Gasteiger partial charge in [0.1, 0.15) is 17.4 Å². The molecule has 2 aromatic carbocycles. The lowest BCUT2D eigenvalue weighted by molar-refractivity contribution is -0.274. The number of fused-ring (bicyclic) bond motifs is 1. The number of ether oxygens (including phenoxy) is 1. The number of hydrogen-bond acceptors (Lipinski definition) is 3. The molecule has 0 atom stereocenters. The van der Waals surface area contributed by atoms with Crippen molar-refractivity contribution in [2.75, 3.05) is 11.4 Å². The van der Waals surface area contributed by atoms with Crippen LogP contribution in [0.25, 0.3) is 0 Å². The highest BCUT2D eigenvalue weighted by molar-refractivity contribution is 5.67. The molecule has 28 heavy (non-hydrogen) atoms. The van der Waals surface area contributed by atoms with E-state index in [0.717, 1.165) is 18.2 Å². The van der Waals surface area contributed by atoms with E-state index in [-0.39, 0.29) is 38.0 Å². The monoisotopic (exact) mass is 401 g/mol. The Hall–Kier alpha value is -2.84. The Labute approximate surface area is 157 Å². The van der Waals surface area contributed by atoms with Crippen LogP contribution in [-0.2, 0) is 24.2 Å². The van der Waals surface area contributed by atoms with Crippen LogP contribution < -0.4 is 9.64 Å². The highest BCUT2D eigenvalue weighted by Gasteiger charge is 2.32. The summed E-state index contributed by atoms with van der Waals surface area (Å²) in [4.78, 5) is 12.2. The molecular formula is C19H16F5NO3. The number of aryl methyl sites for hydroxylation is 1. The number of rotatable bonds is 5. The molecule has 0 saturated heterocycles. The van der Waals surface area contributed by atoms with E-state index in [1.54, 1.807) is 6.07 Å². The fraction of sp³-hybridized carbons (Fsp3) is 0.316. The van der Waals surface area contributed by atoms with Crippen LogP contribution in [0.4, 0.5) is 27.6 Å². The summed E-state index contributed by atoms with van der Waals surface area (Å²) in [5.41, 5.74) is 1.22. The van der Waals surface area contributed by atoms with E-state index in [4.69, 9.17) is 5.11 Å². The van der Waals surface area contributed by atoms with Gasteiger partial charge in [-0.3, -0.25) is 4.79 Å². The van der Waals surface area contributed by atoms with Crippen LogP contribution in [0.5, 0.6) is 5.75 Å². The molecule has 1 aliphatic heterocycles. The Kier molecular flexibility index (Phi) is 5.44. The van der Waals surface area contributed by atoms with E-state index >= 15 is 0 Å². The number of benzene rings is 2. The van der Waals surface area contributed by atoms with E-state index in [2.05, 4.69) is 4.74 Å². The van der Waals surface area contributed by atoms with E-state index < -0.39 is 29.7 Å².